The summed E-state index contributed by atoms with van der Waals surface area (Å²) in [6.07, 6.45) is 1.55. The Kier molecular flexibility index (Phi) is 6.93. The van der Waals surface area contributed by atoms with Crippen LogP contribution in [0.1, 0.15) is 27.0 Å². The molecule has 172 valence electrons. The number of aliphatic imine (C=N–C) groups is 1. The summed E-state index contributed by atoms with van der Waals surface area (Å²) in [5.74, 6) is -0.552. The fourth-order valence-corrected chi connectivity index (χ4v) is 3.52. The van der Waals surface area contributed by atoms with E-state index in [4.69, 9.17) is 49.0 Å². The largest absolute Gasteiger partial charge is 0.493 e. The second-order valence-corrected chi connectivity index (χ2v) is 8.45. The lowest BCUT2D eigenvalue weighted by Gasteiger charge is -2.10. The molecule has 34 heavy (non-hydrogen) atoms. The van der Waals surface area contributed by atoms with Gasteiger partial charge >= 0.3 is 11.9 Å². The number of ether oxygens (including phenoxy) is 3. The Balaban J connectivity index is 1.57. The Morgan fingerprint density at radius 3 is 2.41 bits per heavy atom. The number of rotatable bonds is 5. The van der Waals surface area contributed by atoms with Crippen molar-refractivity contribution in [1.29, 1.82) is 0 Å². The molecule has 0 N–H and O–H groups in total. The van der Waals surface area contributed by atoms with Gasteiger partial charge in [-0.05, 0) is 72.7 Å². The molecule has 9 heteroatoms. The second-order valence-electron chi connectivity index (χ2n) is 7.23. The molecule has 1 heterocycles. The van der Waals surface area contributed by atoms with Crippen LogP contribution < -0.4 is 9.47 Å². The van der Waals surface area contributed by atoms with E-state index in [1.54, 1.807) is 42.5 Å². The molecule has 0 aliphatic carbocycles. The van der Waals surface area contributed by atoms with Crippen molar-refractivity contribution >= 4 is 58.7 Å². The van der Waals surface area contributed by atoms with Crippen molar-refractivity contribution in [2.24, 2.45) is 4.99 Å². The molecule has 0 amide bonds. The molecule has 0 radical (unpaired) electrons. The van der Waals surface area contributed by atoms with Gasteiger partial charge in [0.25, 0.3) is 0 Å². The fourth-order valence-electron chi connectivity index (χ4n) is 3.11. The first-order chi connectivity index (χ1) is 16.2. The van der Waals surface area contributed by atoms with Crippen LogP contribution in [-0.2, 0) is 9.53 Å². The number of esters is 2. The first-order valence-electron chi connectivity index (χ1n) is 9.89. The summed E-state index contributed by atoms with van der Waals surface area (Å²) >= 11 is 17.9. The lowest BCUT2D eigenvalue weighted by molar-refractivity contribution is -0.129. The molecule has 6 nitrogen and oxygen atoms in total. The molecule has 3 aromatic rings. The fraction of sp³-hybridized carbons (Fsp3) is 0.0800. The number of carbonyl (C=O) groups is 2. The summed E-state index contributed by atoms with van der Waals surface area (Å²) in [4.78, 5) is 29.1. The minimum Gasteiger partial charge on any atom is -0.493 e. The van der Waals surface area contributed by atoms with E-state index in [0.29, 0.717) is 21.2 Å². The van der Waals surface area contributed by atoms with Gasteiger partial charge in [-0.1, -0.05) is 40.9 Å². The van der Waals surface area contributed by atoms with Gasteiger partial charge in [0.2, 0.25) is 5.90 Å². The maximum absolute atomic E-state index is 12.5. The van der Waals surface area contributed by atoms with Crippen molar-refractivity contribution in [2.45, 2.75) is 6.92 Å². The normalized spacial score (nSPS) is 14.1. The predicted octanol–water partition coefficient (Wildman–Crippen LogP) is 6.53. The molecule has 0 spiro atoms. The summed E-state index contributed by atoms with van der Waals surface area (Å²) in [6.45, 7) is 1.85. The molecular formula is C25H16Cl3NO5. The number of carbonyl (C=O) groups excluding carboxylic acids is 2. The number of nitrogens with zero attached hydrogens (tertiary/aromatic N) is 1. The number of hydrogen-bond donors (Lipinski definition) is 0. The Labute approximate surface area is 210 Å². The van der Waals surface area contributed by atoms with Gasteiger partial charge in [0, 0.05) is 10.6 Å². The summed E-state index contributed by atoms with van der Waals surface area (Å²) in [5.41, 5.74) is 2.42. The Morgan fingerprint density at radius 1 is 0.941 bits per heavy atom. The van der Waals surface area contributed by atoms with Crippen LogP contribution in [0.5, 0.6) is 11.5 Å². The minimum absolute atomic E-state index is 0.116. The van der Waals surface area contributed by atoms with Crippen LogP contribution in [0, 0.1) is 6.92 Å². The third kappa shape index (κ3) is 5.09. The van der Waals surface area contributed by atoms with E-state index < -0.39 is 11.9 Å². The standard InChI is InChI=1S/C25H16Cl3NO5/c1-13-9-15(4-6-17(13)26)23-29-20(25(31)34-23)10-14-3-8-21(22(11-14)32-2)33-24(30)16-5-7-18(27)19(28)12-16/h3-12H,1-2H3/b20-10-. The molecule has 0 aromatic heterocycles. The maximum Gasteiger partial charge on any atom is 0.363 e. The van der Waals surface area contributed by atoms with Gasteiger partial charge < -0.3 is 14.2 Å². The maximum atomic E-state index is 12.5. The van der Waals surface area contributed by atoms with Gasteiger partial charge in [0.1, 0.15) is 0 Å². The second kappa shape index (κ2) is 9.89. The van der Waals surface area contributed by atoms with E-state index in [0.717, 1.165) is 5.56 Å². The molecule has 0 saturated heterocycles. The molecule has 1 aliphatic rings. The summed E-state index contributed by atoms with van der Waals surface area (Å²) in [7, 11) is 1.44. The third-order valence-electron chi connectivity index (χ3n) is 4.87. The van der Waals surface area contributed by atoms with Crippen LogP contribution in [0.3, 0.4) is 0 Å². The van der Waals surface area contributed by atoms with E-state index >= 15 is 0 Å². The zero-order chi connectivity index (χ0) is 24.4. The number of aryl methyl sites for hydroxylation is 1. The van der Waals surface area contributed by atoms with Crippen molar-refractivity contribution in [2.75, 3.05) is 7.11 Å². The SMILES string of the molecule is COc1cc(/C=C2\N=C(c3ccc(Cl)c(C)c3)OC2=O)ccc1OC(=O)c1ccc(Cl)c(Cl)c1. The number of hydrogen-bond acceptors (Lipinski definition) is 6. The first-order valence-corrected chi connectivity index (χ1v) is 11.0. The molecule has 4 rings (SSSR count). The number of halogens is 3. The van der Waals surface area contributed by atoms with Gasteiger partial charge in [-0.2, -0.15) is 0 Å². The quantitative estimate of drug-likeness (QED) is 0.219. The Hall–Kier alpha value is -3.32. The van der Waals surface area contributed by atoms with E-state index in [1.807, 2.05) is 6.92 Å². The summed E-state index contributed by atoms with van der Waals surface area (Å²) in [5, 5.41) is 1.18. The molecule has 0 fully saturated rings. The highest BCUT2D eigenvalue weighted by atomic mass is 35.5. The van der Waals surface area contributed by atoms with Crippen LogP contribution in [0.2, 0.25) is 15.1 Å². The van der Waals surface area contributed by atoms with Gasteiger partial charge in [-0.3, -0.25) is 0 Å². The Morgan fingerprint density at radius 2 is 1.71 bits per heavy atom. The van der Waals surface area contributed by atoms with Gasteiger partial charge in [0.15, 0.2) is 17.2 Å². The summed E-state index contributed by atoms with van der Waals surface area (Å²) < 4.78 is 16.1. The zero-order valence-electron chi connectivity index (χ0n) is 17.9. The topological polar surface area (TPSA) is 74.2 Å². The predicted molar refractivity (Wildman–Crippen MR) is 131 cm³/mol. The highest BCUT2D eigenvalue weighted by molar-refractivity contribution is 6.42. The zero-order valence-corrected chi connectivity index (χ0v) is 20.2. The lowest BCUT2D eigenvalue weighted by Crippen LogP contribution is -2.09. The highest BCUT2D eigenvalue weighted by Crippen LogP contribution is 2.31. The smallest absolute Gasteiger partial charge is 0.363 e. The number of methoxy groups -OCH3 is 1. The third-order valence-corrected chi connectivity index (χ3v) is 6.04. The number of benzene rings is 3. The molecule has 1 aliphatic heterocycles. The minimum atomic E-state index is -0.630. The average molecular weight is 517 g/mol. The van der Waals surface area contributed by atoms with Crippen molar-refractivity contribution in [3.63, 3.8) is 0 Å². The van der Waals surface area contributed by atoms with Gasteiger partial charge in [-0.15, -0.1) is 0 Å². The molecule has 0 atom stereocenters. The average Bonchev–Trinajstić information content (AvgIpc) is 3.18. The number of cyclic esters (lactones) is 1. The van der Waals surface area contributed by atoms with Crippen LogP contribution in [0.25, 0.3) is 6.08 Å². The van der Waals surface area contributed by atoms with Crippen molar-refractivity contribution in [3.8, 4) is 11.5 Å². The molecule has 0 bridgehead atoms. The monoisotopic (exact) mass is 515 g/mol. The van der Waals surface area contributed by atoms with Crippen molar-refractivity contribution in [3.05, 3.63) is 97.6 Å². The highest BCUT2D eigenvalue weighted by Gasteiger charge is 2.24. The molecule has 3 aromatic carbocycles. The summed E-state index contributed by atoms with van der Waals surface area (Å²) in [6, 6.07) is 14.5. The van der Waals surface area contributed by atoms with E-state index in [2.05, 4.69) is 4.99 Å². The van der Waals surface area contributed by atoms with E-state index in [1.165, 1.54) is 25.3 Å². The van der Waals surface area contributed by atoms with E-state index in [-0.39, 0.29) is 33.7 Å². The van der Waals surface area contributed by atoms with Crippen LogP contribution >= 0.6 is 34.8 Å². The first kappa shape index (κ1) is 23.8. The van der Waals surface area contributed by atoms with E-state index in [9.17, 15) is 9.59 Å². The molecule has 0 saturated carbocycles. The van der Waals surface area contributed by atoms with Crippen molar-refractivity contribution in [1.82, 2.24) is 0 Å². The van der Waals surface area contributed by atoms with Gasteiger partial charge in [-0.25, -0.2) is 14.6 Å². The van der Waals surface area contributed by atoms with Gasteiger partial charge in [0.05, 0.1) is 22.7 Å². The lowest BCUT2D eigenvalue weighted by atomic mass is 10.1. The van der Waals surface area contributed by atoms with Crippen LogP contribution in [0.15, 0.2) is 65.3 Å². The molecular weight excluding hydrogens is 501 g/mol. The van der Waals surface area contributed by atoms with Crippen LogP contribution in [-0.4, -0.2) is 24.9 Å². The van der Waals surface area contributed by atoms with Crippen molar-refractivity contribution < 1.29 is 23.8 Å². The van der Waals surface area contributed by atoms with Crippen LogP contribution in [0.4, 0.5) is 0 Å². The molecule has 0 unspecified atom stereocenters. The Bertz CT molecular complexity index is 1380.